The molecule has 214 valence electrons. The first-order valence-electron chi connectivity index (χ1n) is 13.9. The molecule has 0 saturated carbocycles. The summed E-state index contributed by atoms with van der Waals surface area (Å²) in [5.74, 6) is -2.07. The number of ketones is 2. The summed E-state index contributed by atoms with van der Waals surface area (Å²) in [7, 11) is 2.98. The van der Waals surface area contributed by atoms with Crippen LogP contribution in [0.2, 0.25) is 0 Å². The normalized spacial score (nSPS) is 22.9. The van der Waals surface area contributed by atoms with Crippen molar-refractivity contribution in [2.45, 2.75) is 17.5 Å². The van der Waals surface area contributed by atoms with Crippen LogP contribution in [0.1, 0.15) is 43.4 Å². The molecule has 3 aliphatic rings. The second-order valence-corrected chi connectivity index (χ2v) is 10.9. The maximum Gasteiger partial charge on any atom is 0.238 e. The third-order valence-electron chi connectivity index (χ3n) is 8.92. The van der Waals surface area contributed by atoms with Crippen LogP contribution in [-0.2, 0) is 10.2 Å². The lowest BCUT2D eigenvalue weighted by atomic mass is 9.62. The van der Waals surface area contributed by atoms with E-state index in [1.165, 1.54) is 38.5 Å². The van der Waals surface area contributed by atoms with Gasteiger partial charge in [0.2, 0.25) is 5.91 Å². The van der Waals surface area contributed by atoms with Gasteiger partial charge in [-0.15, -0.1) is 0 Å². The Hall–Kier alpha value is -5.24. The summed E-state index contributed by atoms with van der Waals surface area (Å²) in [6.07, 6.45) is 3.70. The van der Waals surface area contributed by atoms with Crippen LogP contribution in [0.25, 0.3) is 6.08 Å². The summed E-state index contributed by atoms with van der Waals surface area (Å²) in [6, 6.07) is 23.3. The lowest BCUT2D eigenvalue weighted by molar-refractivity contribution is -0.122. The van der Waals surface area contributed by atoms with Gasteiger partial charge >= 0.3 is 0 Å². The maximum absolute atomic E-state index is 14.8. The van der Waals surface area contributed by atoms with Crippen LogP contribution >= 0.6 is 0 Å². The van der Waals surface area contributed by atoms with Gasteiger partial charge in [-0.2, -0.15) is 0 Å². The molecule has 0 aromatic heterocycles. The van der Waals surface area contributed by atoms with Crippen LogP contribution < -0.4 is 14.8 Å². The molecule has 4 aromatic carbocycles. The molecule has 4 atom stereocenters. The Morgan fingerprint density at radius 2 is 1.63 bits per heavy atom. The number of ether oxygens (including phenoxy) is 2. The first kappa shape index (κ1) is 26.6. The number of rotatable bonds is 6. The summed E-state index contributed by atoms with van der Waals surface area (Å²) < 4.78 is 24.9. The lowest BCUT2D eigenvalue weighted by Crippen LogP contribution is -2.49. The molecule has 7 nitrogen and oxygen atoms in total. The summed E-state index contributed by atoms with van der Waals surface area (Å²) >= 11 is 0. The van der Waals surface area contributed by atoms with E-state index in [2.05, 4.69) is 5.32 Å². The minimum atomic E-state index is -1.48. The average Bonchev–Trinajstić information content (AvgIpc) is 3.52. The number of nitrogens with one attached hydrogen (secondary N) is 1. The second kappa shape index (κ2) is 9.94. The molecule has 0 radical (unpaired) electrons. The van der Waals surface area contributed by atoms with Crippen LogP contribution in [0, 0.1) is 11.7 Å². The van der Waals surface area contributed by atoms with Crippen LogP contribution in [0.5, 0.6) is 11.5 Å². The topological polar surface area (TPSA) is 84.9 Å². The maximum atomic E-state index is 14.8. The first-order valence-corrected chi connectivity index (χ1v) is 13.9. The Bertz CT molecular complexity index is 1830. The number of benzene rings is 4. The number of carbonyl (C=O) groups excluding carboxylic acids is 3. The van der Waals surface area contributed by atoms with Gasteiger partial charge in [0, 0.05) is 23.5 Å². The number of Topliss-reactive ketones (excluding diaryl/α,β-unsaturated/α-hetero) is 2. The molecule has 0 unspecified atom stereocenters. The SMILES string of the molecule is COc1ccc(C(=O)[C@@H]2[C@H](C(=O)c3ccc(F)cc3)[C@@]3(C(=O)Nc4ccccc43)[C@@H]3c4ccccc4C=CN23)c(OC)c1. The summed E-state index contributed by atoms with van der Waals surface area (Å²) in [5.41, 5.74) is 1.92. The number of halogens is 1. The van der Waals surface area contributed by atoms with Gasteiger partial charge in [0.15, 0.2) is 11.6 Å². The van der Waals surface area contributed by atoms with Crippen LogP contribution in [0.15, 0.2) is 97.2 Å². The van der Waals surface area contributed by atoms with Crippen LogP contribution in [0.4, 0.5) is 10.1 Å². The predicted molar refractivity (Wildman–Crippen MR) is 159 cm³/mol. The highest BCUT2D eigenvalue weighted by molar-refractivity contribution is 6.17. The molecule has 1 saturated heterocycles. The minimum Gasteiger partial charge on any atom is -0.497 e. The number of hydrogen-bond acceptors (Lipinski definition) is 6. The van der Waals surface area contributed by atoms with Crippen molar-refractivity contribution in [3.63, 3.8) is 0 Å². The molecule has 1 N–H and O–H groups in total. The van der Waals surface area contributed by atoms with E-state index >= 15 is 0 Å². The highest BCUT2D eigenvalue weighted by Gasteiger charge is 2.70. The smallest absolute Gasteiger partial charge is 0.238 e. The Morgan fingerprint density at radius 1 is 0.884 bits per heavy atom. The molecule has 7 rings (SSSR count). The van der Waals surface area contributed by atoms with Crippen molar-refractivity contribution in [3.05, 3.63) is 131 Å². The Kier molecular flexibility index (Phi) is 6.16. The number of hydrogen-bond donors (Lipinski definition) is 1. The molecule has 3 aliphatic heterocycles. The van der Waals surface area contributed by atoms with Crippen molar-refractivity contribution in [1.29, 1.82) is 0 Å². The highest BCUT2D eigenvalue weighted by atomic mass is 19.1. The van der Waals surface area contributed by atoms with Gasteiger partial charge in [-0.1, -0.05) is 42.5 Å². The Morgan fingerprint density at radius 3 is 2.40 bits per heavy atom. The molecule has 8 heteroatoms. The molecule has 4 aromatic rings. The van der Waals surface area contributed by atoms with Gasteiger partial charge in [0.25, 0.3) is 0 Å². The fraction of sp³-hybridized carbons (Fsp3) is 0.171. The van der Waals surface area contributed by atoms with E-state index in [0.717, 1.165) is 11.1 Å². The molecular formula is C35H27FN2O5. The van der Waals surface area contributed by atoms with E-state index in [1.807, 2.05) is 53.4 Å². The number of amides is 1. The Balaban J connectivity index is 1.53. The standard InChI is InChI=1S/C35H27FN2O5/c1-42-23-15-16-25(28(19-23)43-2)32(40)30-29(31(39)21-11-13-22(36)14-12-21)35(26-9-5-6-10-27(26)37-34(35)41)33-24-8-4-3-7-20(24)17-18-38(30)33/h3-19,29-30,33H,1-2H3,(H,37,41)/t29-,30+,33+,35-/m1/s1. The number of fused-ring (bicyclic) bond motifs is 6. The van der Waals surface area contributed by atoms with E-state index in [9.17, 15) is 18.8 Å². The quantitative estimate of drug-likeness (QED) is 0.292. The van der Waals surface area contributed by atoms with Crippen LogP contribution in [0.3, 0.4) is 0 Å². The van der Waals surface area contributed by atoms with E-state index in [-0.39, 0.29) is 28.6 Å². The molecule has 43 heavy (non-hydrogen) atoms. The molecular weight excluding hydrogens is 547 g/mol. The third kappa shape index (κ3) is 3.75. The third-order valence-corrected chi connectivity index (χ3v) is 8.92. The average molecular weight is 575 g/mol. The number of para-hydroxylation sites is 1. The fourth-order valence-electron chi connectivity index (χ4n) is 7.12. The molecule has 0 aliphatic carbocycles. The number of anilines is 1. The molecule has 1 amide bonds. The number of nitrogens with zero attached hydrogens (tertiary/aromatic N) is 1. The molecule has 0 bridgehead atoms. The van der Waals surface area contributed by atoms with E-state index in [4.69, 9.17) is 9.47 Å². The minimum absolute atomic E-state index is 0.208. The van der Waals surface area contributed by atoms with Gasteiger partial charge in [-0.3, -0.25) is 14.4 Å². The van der Waals surface area contributed by atoms with Crippen molar-refractivity contribution in [1.82, 2.24) is 4.90 Å². The van der Waals surface area contributed by atoms with Crippen molar-refractivity contribution < 1.29 is 28.2 Å². The van der Waals surface area contributed by atoms with E-state index < -0.39 is 35.0 Å². The Labute approximate surface area is 247 Å². The molecule has 1 spiro atoms. The molecule has 3 heterocycles. The number of methoxy groups -OCH3 is 2. The summed E-state index contributed by atoms with van der Waals surface area (Å²) in [4.78, 5) is 45.9. The summed E-state index contributed by atoms with van der Waals surface area (Å²) in [5, 5.41) is 3.02. The summed E-state index contributed by atoms with van der Waals surface area (Å²) in [6.45, 7) is 0. The van der Waals surface area contributed by atoms with Crippen molar-refractivity contribution in [2.24, 2.45) is 5.92 Å². The monoisotopic (exact) mass is 574 g/mol. The zero-order valence-electron chi connectivity index (χ0n) is 23.4. The van der Waals surface area contributed by atoms with E-state index in [1.54, 1.807) is 30.5 Å². The van der Waals surface area contributed by atoms with E-state index in [0.29, 0.717) is 17.0 Å². The van der Waals surface area contributed by atoms with Gasteiger partial charge in [0.05, 0.1) is 31.7 Å². The zero-order valence-corrected chi connectivity index (χ0v) is 23.4. The van der Waals surface area contributed by atoms with Crippen LogP contribution in [-0.4, -0.2) is 42.6 Å². The predicted octanol–water partition coefficient (Wildman–Crippen LogP) is 5.82. The molecule has 1 fully saturated rings. The fourth-order valence-corrected chi connectivity index (χ4v) is 7.12. The number of carbonyl (C=O) groups is 3. The first-order chi connectivity index (χ1) is 20.9. The largest absolute Gasteiger partial charge is 0.497 e. The van der Waals surface area contributed by atoms with Gasteiger partial charge < -0.3 is 19.7 Å². The second-order valence-electron chi connectivity index (χ2n) is 10.9. The van der Waals surface area contributed by atoms with Gasteiger partial charge in [-0.05, 0) is 65.2 Å². The van der Waals surface area contributed by atoms with Crippen molar-refractivity contribution >= 4 is 29.2 Å². The lowest BCUT2D eigenvalue weighted by Gasteiger charge is -2.38. The van der Waals surface area contributed by atoms with Crippen molar-refractivity contribution in [2.75, 3.05) is 19.5 Å². The highest BCUT2D eigenvalue weighted by Crippen LogP contribution is 2.62. The zero-order chi connectivity index (χ0) is 29.9. The van der Waals surface area contributed by atoms with Gasteiger partial charge in [0.1, 0.15) is 28.8 Å². The van der Waals surface area contributed by atoms with Gasteiger partial charge in [-0.25, -0.2) is 4.39 Å². The van der Waals surface area contributed by atoms with Crippen molar-refractivity contribution in [3.8, 4) is 11.5 Å².